The Bertz CT molecular complexity index is 2570. The molecule has 2 N–H and O–H groups in total. The van der Waals surface area contributed by atoms with Gasteiger partial charge in [-0.1, -0.05) is 158 Å². The van der Waals surface area contributed by atoms with Crippen LogP contribution in [0.1, 0.15) is 69.6 Å². The summed E-state index contributed by atoms with van der Waals surface area (Å²) in [5.41, 5.74) is 4.94. The first kappa shape index (κ1) is 44.1. The lowest BCUT2D eigenvalue weighted by Gasteiger charge is -2.49. The van der Waals surface area contributed by atoms with Crippen LogP contribution in [-0.4, -0.2) is 62.8 Å². The number of thioether (sulfide) groups is 1. The minimum Gasteiger partial charge on any atom is -0.451 e. The third-order valence-corrected chi connectivity index (χ3v) is 12.4. The van der Waals surface area contributed by atoms with Crippen LogP contribution in [0.25, 0.3) is 6.08 Å². The number of rotatable bonds is 17. The number of fused-ring (bicyclic) bond motifs is 1. The Labute approximate surface area is 381 Å². The van der Waals surface area contributed by atoms with Crippen molar-refractivity contribution < 1.29 is 33.4 Å². The van der Waals surface area contributed by atoms with Crippen LogP contribution in [0.3, 0.4) is 0 Å². The minimum atomic E-state index is -1.09. The molecule has 0 radical (unpaired) electrons. The fourth-order valence-corrected chi connectivity index (χ4v) is 9.07. The third-order valence-electron chi connectivity index (χ3n) is 11.1. The number of nitrogens with zero attached hydrogens (tertiary/aromatic N) is 2. The normalized spacial score (nSPS) is 16.1. The van der Waals surface area contributed by atoms with Crippen molar-refractivity contribution in [2.45, 2.75) is 48.9 Å². The molecule has 0 spiro atoms. The van der Waals surface area contributed by atoms with E-state index in [9.17, 15) is 24.0 Å². The average molecular weight is 883 g/mol. The zero-order valence-corrected chi connectivity index (χ0v) is 36.1. The lowest BCUT2D eigenvalue weighted by Crippen LogP contribution is -2.70. The molecule has 3 atom stereocenters. The van der Waals surface area contributed by atoms with Crippen molar-refractivity contribution in [3.05, 3.63) is 227 Å². The standard InChI is InChI=1S/C53H46N4O7S/c58-44(30-16-29-43(55-49(59)41-27-14-5-15-28-41)52(61)63-47(37-19-6-1-7-20-37)38-21-8-2-9-22-38)56-45-50(60)57-46(42(35-65-51(45)57)32-31-36-18-17-33-54-34-36)53(62)64-48(39-23-10-3-11-24-39)40-25-12-4-13-26-40/h1-15,17-28,31-34,43,45,47-48,51H,16,29-30,35H2,(H,55,59)(H,56,58)/b32-31+. The Kier molecular flexibility index (Phi) is 14.4. The maximum atomic E-state index is 14.4. The number of nitrogens with one attached hydrogen (secondary N) is 2. The van der Waals surface area contributed by atoms with Gasteiger partial charge < -0.3 is 20.1 Å². The molecule has 12 heteroatoms. The van der Waals surface area contributed by atoms with E-state index < -0.39 is 59.3 Å². The summed E-state index contributed by atoms with van der Waals surface area (Å²) in [6, 6.07) is 47.7. The molecule has 8 rings (SSSR count). The summed E-state index contributed by atoms with van der Waals surface area (Å²) in [5, 5.41) is 5.14. The Morgan fingerprint density at radius 1 is 0.692 bits per heavy atom. The van der Waals surface area contributed by atoms with E-state index in [1.54, 1.807) is 48.8 Å². The lowest BCUT2D eigenvalue weighted by atomic mass is 10.00. The molecule has 2 aliphatic rings. The number of esters is 2. The van der Waals surface area contributed by atoms with E-state index in [2.05, 4.69) is 15.6 Å². The maximum Gasteiger partial charge on any atom is 0.356 e. The van der Waals surface area contributed by atoms with Crippen LogP contribution >= 0.6 is 11.8 Å². The monoisotopic (exact) mass is 882 g/mol. The van der Waals surface area contributed by atoms with E-state index >= 15 is 0 Å². The molecule has 1 aromatic heterocycles. The first-order valence-electron chi connectivity index (χ1n) is 21.4. The molecule has 1 fully saturated rings. The number of β-lactam (4-membered cyclic amide) rings is 1. The van der Waals surface area contributed by atoms with Gasteiger partial charge in [-0.25, -0.2) is 9.59 Å². The van der Waals surface area contributed by atoms with Crippen LogP contribution in [0.15, 0.2) is 194 Å². The highest BCUT2D eigenvalue weighted by atomic mass is 32.2. The van der Waals surface area contributed by atoms with Gasteiger partial charge in [0.1, 0.15) is 23.2 Å². The number of carbonyl (C=O) groups is 5. The van der Waals surface area contributed by atoms with Crippen LogP contribution in [-0.2, 0) is 28.7 Å². The number of carbonyl (C=O) groups excluding carboxylic acids is 5. The molecule has 3 heterocycles. The number of hydrogen-bond donors (Lipinski definition) is 2. The Balaban J connectivity index is 0.967. The van der Waals surface area contributed by atoms with Gasteiger partial charge in [0.25, 0.3) is 11.8 Å². The van der Waals surface area contributed by atoms with Crippen LogP contribution in [0, 0.1) is 0 Å². The van der Waals surface area contributed by atoms with Crippen molar-refractivity contribution in [1.82, 2.24) is 20.5 Å². The summed E-state index contributed by atoms with van der Waals surface area (Å²) < 4.78 is 12.4. The van der Waals surface area contributed by atoms with Crippen LogP contribution < -0.4 is 10.6 Å². The van der Waals surface area contributed by atoms with Gasteiger partial charge in [0.05, 0.1) is 0 Å². The molecule has 326 valence electrons. The molecule has 6 aromatic rings. The average Bonchev–Trinajstić information content (AvgIpc) is 3.36. The quantitative estimate of drug-likeness (QED) is 0.0682. The highest BCUT2D eigenvalue weighted by molar-refractivity contribution is 8.00. The number of allylic oxidation sites excluding steroid dienone is 1. The molecule has 5 aromatic carbocycles. The third kappa shape index (κ3) is 10.8. The van der Waals surface area contributed by atoms with Gasteiger partial charge in [0.15, 0.2) is 12.2 Å². The highest BCUT2D eigenvalue weighted by Crippen LogP contribution is 2.42. The summed E-state index contributed by atoms with van der Waals surface area (Å²) in [6.07, 6.45) is 5.74. The zero-order valence-electron chi connectivity index (χ0n) is 35.3. The van der Waals surface area contributed by atoms with Gasteiger partial charge >= 0.3 is 11.9 Å². The molecular formula is C53H46N4O7S. The van der Waals surface area contributed by atoms with Gasteiger partial charge in [0, 0.05) is 30.1 Å². The highest BCUT2D eigenvalue weighted by Gasteiger charge is 2.54. The predicted octanol–water partition coefficient (Wildman–Crippen LogP) is 8.38. The van der Waals surface area contributed by atoms with Gasteiger partial charge in [-0.3, -0.25) is 24.3 Å². The van der Waals surface area contributed by atoms with Crippen molar-refractivity contribution in [2.75, 3.05) is 5.75 Å². The predicted molar refractivity (Wildman–Crippen MR) is 249 cm³/mol. The van der Waals surface area contributed by atoms with Gasteiger partial charge in [-0.2, -0.15) is 0 Å². The van der Waals surface area contributed by atoms with E-state index in [-0.39, 0.29) is 25.0 Å². The number of ether oxygens (including phenoxy) is 2. The molecule has 2 aliphatic heterocycles. The molecule has 11 nitrogen and oxygen atoms in total. The fourth-order valence-electron chi connectivity index (χ4n) is 7.75. The van der Waals surface area contributed by atoms with Gasteiger partial charge in [0.2, 0.25) is 5.91 Å². The molecule has 1 saturated heterocycles. The molecular weight excluding hydrogens is 837 g/mol. The minimum absolute atomic E-state index is 0.0490. The van der Waals surface area contributed by atoms with Crippen molar-refractivity contribution >= 4 is 47.5 Å². The van der Waals surface area contributed by atoms with E-state index in [1.165, 1.54) is 16.7 Å². The second kappa shape index (κ2) is 21.2. The number of hydrogen-bond acceptors (Lipinski definition) is 9. The Morgan fingerprint density at radius 3 is 1.77 bits per heavy atom. The van der Waals surface area contributed by atoms with Crippen LogP contribution in [0.5, 0.6) is 0 Å². The molecule has 0 aliphatic carbocycles. The molecule has 0 bridgehead atoms. The lowest BCUT2D eigenvalue weighted by molar-refractivity contribution is -0.154. The second-order valence-electron chi connectivity index (χ2n) is 15.5. The van der Waals surface area contributed by atoms with E-state index in [4.69, 9.17) is 9.47 Å². The largest absolute Gasteiger partial charge is 0.451 e. The zero-order chi connectivity index (χ0) is 45.0. The number of amides is 3. The number of aromatic nitrogens is 1. The number of benzene rings is 5. The van der Waals surface area contributed by atoms with Gasteiger partial charge in [-0.05, 0) is 64.4 Å². The van der Waals surface area contributed by atoms with Crippen LogP contribution in [0.2, 0.25) is 0 Å². The van der Waals surface area contributed by atoms with Crippen molar-refractivity contribution in [2.24, 2.45) is 0 Å². The molecule has 0 saturated carbocycles. The summed E-state index contributed by atoms with van der Waals surface area (Å²) in [5.74, 6) is -2.29. The molecule has 3 unspecified atom stereocenters. The first-order chi connectivity index (χ1) is 31.8. The SMILES string of the molecule is O=C(CCCC(NC(=O)c1ccccc1)C(=O)OC(c1ccccc1)c1ccccc1)NC1C(=O)N2C(C(=O)OC(c3ccccc3)c3ccccc3)=C(/C=C/c3cccnc3)CSC12. The van der Waals surface area contributed by atoms with E-state index in [0.29, 0.717) is 16.9 Å². The van der Waals surface area contributed by atoms with E-state index in [1.807, 2.05) is 140 Å². The van der Waals surface area contributed by atoms with Crippen molar-refractivity contribution in [1.29, 1.82) is 0 Å². The molecule has 3 amide bonds. The summed E-state index contributed by atoms with van der Waals surface area (Å²) in [6.45, 7) is 0. The smallest absolute Gasteiger partial charge is 0.356 e. The summed E-state index contributed by atoms with van der Waals surface area (Å²) >= 11 is 1.43. The van der Waals surface area contributed by atoms with Crippen molar-refractivity contribution in [3.8, 4) is 0 Å². The van der Waals surface area contributed by atoms with Crippen LogP contribution in [0.4, 0.5) is 0 Å². The summed E-state index contributed by atoms with van der Waals surface area (Å²) in [4.78, 5) is 75.0. The Morgan fingerprint density at radius 2 is 1.23 bits per heavy atom. The fraction of sp³-hybridized carbons (Fsp3) is 0.170. The maximum absolute atomic E-state index is 14.4. The second-order valence-corrected chi connectivity index (χ2v) is 16.6. The Hall–Kier alpha value is -7.57. The molecule has 65 heavy (non-hydrogen) atoms. The van der Waals surface area contributed by atoms with E-state index in [0.717, 1.165) is 27.8 Å². The topological polar surface area (TPSA) is 144 Å². The van der Waals surface area contributed by atoms with Crippen molar-refractivity contribution in [3.63, 3.8) is 0 Å². The summed E-state index contributed by atoms with van der Waals surface area (Å²) in [7, 11) is 0. The number of pyridine rings is 1. The van der Waals surface area contributed by atoms with Gasteiger partial charge in [-0.15, -0.1) is 11.8 Å². The first-order valence-corrected chi connectivity index (χ1v) is 22.4.